The molecule has 2 aromatic rings. The highest BCUT2D eigenvalue weighted by Gasteiger charge is 2.06. The molecule has 0 aliphatic rings. The lowest BCUT2D eigenvalue weighted by Gasteiger charge is -2.07. The third kappa shape index (κ3) is 8.66. The van der Waals surface area contributed by atoms with Crippen LogP contribution in [0.25, 0.3) is 10.9 Å². The van der Waals surface area contributed by atoms with Gasteiger partial charge < -0.3 is 9.67 Å². The molecule has 0 atom stereocenters. The van der Waals surface area contributed by atoms with Crippen LogP contribution in [0.2, 0.25) is 0 Å². The van der Waals surface area contributed by atoms with Gasteiger partial charge in [0.15, 0.2) is 6.29 Å². The average molecular weight is 362 g/mol. The van der Waals surface area contributed by atoms with Gasteiger partial charge in [-0.2, -0.15) is 0 Å². The van der Waals surface area contributed by atoms with Crippen molar-refractivity contribution in [2.45, 2.75) is 85.1 Å². The van der Waals surface area contributed by atoms with Crippen LogP contribution in [0, 0.1) is 0 Å². The maximum Gasteiger partial charge on any atom is 0.166 e. The SMILES string of the molecule is CC.CCCCCCCCCCCn1c(C=O)cc2ccccc21.CO. The Labute approximate surface area is 160 Å². The summed E-state index contributed by atoms with van der Waals surface area (Å²) in [6.07, 6.45) is 13.0. The second-order valence-electron chi connectivity index (χ2n) is 6.23. The van der Waals surface area contributed by atoms with Crippen LogP contribution < -0.4 is 0 Å². The van der Waals surface area contributed by atoms with E-state index in [1.165, 1.54) is 62.3 Å². The molecule has 3 heteroatoms. The Morgan fingerprint density at radius 2 is 1.42 bits per heavy atom. The first-order chi connectivity index (χ1) is 12.9. The van der Waals surface area contributed by atoms with Gasteiger partial charge in [-0.05, 0) is 18.6 Å². The number of aliphatic hydroxyl groups excluding tert-OH is 1. The fourth-order valence-electron chi connectivity index (χ4n) is 3.16. The highest BCUT2D eigenvalue weighted by molar-refractivity contribution is 5.88. The van der Waals surface area contributed by atoms with Gasteiger partial charge in [-0.25, -0.2) is 0 Å². The van der Waals surface area contributed by atoms with E-state index in [0.29, 0.717) is 0 Å². The third-order valence-corrected chi connectivity index (χ3v) is 4.45. The van der Waals surface area contributed by atoms with Crippen LogP contribution in [-0.4, -0.2) is 23.1 Å². The van der Waals surface area contributed by atoms with Crippen molar-refractivity contribution in [1.82, 2.24) is 4.57 Å². The van der Waals surface area contributed by atoms with E-state index < -0.39 is 0 Å². The maximum atomic E-state index is 11.2. The molecule has 0 saturated carbocycles. The molecule has 0 unspecified atom stereocenters. The number of rotatable bonds is 11. The number of nitrogens with zero attached hydrogens (tertiary/aromatic N) is 1. The van der Waals surface area contributed by atoms with Gasteiger partial charge in [0.25, 0.3) is 0 Å². The van der Waals surface area contributed by atoms with E-state index in [1.54, 1.807) is 0 Å². The number of aldehydes is 1. The van der Waals surface area contributed by atoms with E-state index in [-0.39, 0.29) is 0 Å². The minimum atomic E-state index is 0.806. The number of unbranched alkanes of at least 4 members (excludes halogenated alkanes) is 8. The second-order valence-corrected chi connectivity index (χ2v) is 6.23. The van der Waals surface area contributed by atoms with Gasteiger partial charge in [0.1, 0.15) is 0 Å². The average Bonchev–Trinajstić information content (AvgIpc) is 3.07. The molecule has 1 aromatic heterocycles. The van der Waals surface area contributed by atoms with E-state index in [2.05, 4.69) is 23.6 Å². The Hall–Kier alpha value is -1.61. The van der Waals surface area contributed by atoms with Crippen molar-refractivity contribution in [2.75, 3.05) is 7.11 Å². The Kier molecular flexibility index (Phi) is 15.8. The van der Waals surface area contributed by atoms with Crippen LogP contribution in [-0.2, 0) is 6.54 Å². The fourth-order valence-corrected chi connectivity index (χ4v) is 3.16. The molecule has 0 spiro atoms. The number of para-hydroxylation sites is 1. The van der Waals surface area contributed by atoms with Crippen molar-refractivity contribution >= 4 is 17.2 Å². The lowest BCUT2D eigenvalue weighted by atomic mass is 10.1. The first kappa shape index (κ1) is 24.4. The number of carbonyl (C=O) groups excluding carboxylic acids is 1. The highest BCUT2D eigenvalue weighted by Crippen LogP contribution is 2.20. The molecule has 0 radical (unpaired) electrons. The molecule has 0 aliphatic carbocycles. The van der Waals surface area contributed by atoms with Crippen molar-refractivity contribution in [1.29, 1.82) is 0 Å². The fraction of sp³-hybridized carbons (Fsp3) is 0.609. The molecule has 1 aromatic carbocycles. The van der Waals surface area contributed by atoms with Crippen molar-refractivity contribution < 1.29 is 9.90 Å². The predicted molar refractivity (Wildman–Crippen MR) is 114 cm³/mol. The Morgan fingerprint density at radius 3 is 2.00 bits per heavy atom. The predicted octanol–water partition coefficient (Wildman–Crippen LogP) is 6.62. The van der Waals surface area contributed by atoms with E-state index in [9.17, 15) is 4.79 Å². The number of hydrogen-bond acceptors (Lipinski definition) is 2. The molecular weight excluding hydrogens is 322 g/mol. The van der Waals surface area contributed by atoms with E-state index in [1.807, 2.05) is 32.0 Å². The molecule has 0 aliphatic heterocycles. The van der Waals surface area contributed by atoms with E-state index in [0.717, 1.165) is 32.1 Å². The summed E-state index contributed by atoms with van der Waals surface area (Å²) in [7, 11) is 1.00. The zero-order valence-corrected chi connectivity index (χ0v) is 17.3. The number of fused-ring (bicyclic) bond motifs is 1. The number of aryl methyl sites for hydroxylation is 1. The summed E-state index contributed by atoms with van der Waals surface area (Å²) in [5, 5.41) is 8.17. The number of aliphatic hydroxyl groups is 1. The number of aromatic nitrogens is 1. The smallest absolute Gasteiger partial charge is 0.166 e. The summed E-state index contributed by atoms with van der Waals surface area (Å²) in [6, 6.07) is 10.3. The zero-order chi connectivity index (χ0) is 19.6. The minimum absolute atomic E-state index is 0.806. The lowest BCUT2D eigenvalue weighted by Crippen LogP contribution is -2.02. The van der Waals surface area contributed by atoms with Gasteiger partial charge in [-0.3, -0.25) is 4.79 Å². The van der Waals surface area contributed by atoms with Crippen LogP contribution >= 0.6 is 0 Å². The molecule has 2 rings (SSSR count). The summed E-state index contributed by atoms with van der Waals surface area (Å²) in [5.74, 6) is 0. The third-order valence-electron chi connectivity index (χ3n) is 4.45. The monoisotopic (exact) mass is 361 g/mol. The zero-order valence-electron chi connectivity index (χ0n) is 17.3. The van der Waals surface area contributed by atoms with Gasteiger partial charge in [0.2, 0.25) is 0 Å². The van der Waals surface area contributed by atoms with Crippen LogP contribution in [0.3, 0.4) is 0 Å². The number of carbonyl (C=O) groups is 1. The van der Waals surface area contributed by atoms with Gasteiger partial charge in [-0.1, -0.05) is 90.3 Å². The van der Waals surface area contributed by atoms with Gasteiger partial charge >= 0.3 is 0 Å². The summed E-state index contributed by atoms with van der Waals surface area (Å²) in [6.45, 7) is 7.22. The largest absolute Gasteiger partial charge is 0.400 e. The molecule has 26 heavy (non-hydrogen) atoms. The molecular formula is C23H39NO2. The van der Waals surface area contributed by atoms with Crippen molar-refractivity contribution in [3.8, 4) is 0 Å². The summed E-state index contributed by atoms with van der Waals surface area (Å²) >= 11 is 0. The van der Waals surface area contributed by atoms with Crippen LogP contribution in [0.15, 0.2) is 30.3 Å². The molecule has 148 valence electrons. The first-order valence-electron chi connectivity index (χ1n) is 10.3. The Morgan fingerprint density at radius 1 is 0.885 bits per heavy atom. The Bertz CT molecular complexity index is 575. The quantitative estimate of drug-likeness (QED) is 0.361. The van der Waals surface area contributed by atoms with E-state index >= 15 is 0 Å². The van der Waals surface area contributed by atoms with Crippen LogP contribution in [0.1, 0.15) is 89.0 Å². The van der Waals surface area contributed by atoms with Crippen LogP contribution in [0.4, 0.5) is 0 Å². The lowest BCUT2D eigenvalue weighted by molar-refractivity contribution is 0.111. The minimum Gasteiger partial charge on any atom is -0.400 e. The normalized spacial score (nSPS) is 9.88. The molecule has 1 heterocycles. The second kappa shape index (κ2) is 16.8. The Balaban J connectivity index is 0.00000146. The first-order valence-corrected chi connectivity index (χ1v) is 10.3. The standard InChI is InChI=1S/C20H29NO.C2H6.CH4O/c1-2-3-4-5-6-7-8-9-12-15-21-19(17-22)16-18-13-10-11-14-20(18)21;2*1-2/h10-11,13-14,16-17H,2-9,12,15H2,1H3;1-2H3;2H,1H3. The number of hydrogen-bond donors (Lipinski definition) is 1. The maximum absolute atomic E-state index is 11.2. The number of benzene rings is 1. The van der Waals surface area contributed by atoms with Gasteiger partial charge in [-0.15, -0.1) is 0 Å². The molecule has 0 saturated heterocycles. The molecule has 1 N–H and O–H groups in total. The summed E-state index contributed by atoms with van der Waals surface area (Å²) in [5.41, 5.74) is 1.99. The van der Waals surface area contributed by atoms with Gasteiger partial charge in [0, 0.05) is 24.6 Å². The summed E-state index contributed by atoms with van der Waals surface area (Å²) < 4.78 is 2.17. The topological polar surface area (TPSA) is 42.2 Å². The molecule has 0 amide bonds. The van der Waals surface area contributed by atoms with Gasteiger partial charge in [0.05, 0.1) is 5.69 Å². The van der Waals surface area contributed by atoms with Crippen molar-refractivity contribution in [3.63, 3.8) is 0 Å². The van der Waals surface area contributed by atoms with Crippen LogP contribution in [0.5, 0.6) is 0 Å². The van der Waals surface area contributed by atoms with E-state index in [4.69, 9.17) is 5.11 Å². The highest BCUT2D eigenvalue weighted by atomic mass is 16.2. The van der Waals surface area contributed by atoms with Crippen molar-refractivity contribution in [2.24, 2.45) is 0 Å². The molecule has 0 bridgehead atoms. The molecule has 0 fully saturated rings. The van der Waals surface area contributed by atoms with Crippen molar-refractivity contribution in [3.05, 3.63) is 36.0 Å². The molecule has 3 nitrogen and oxygen atoms in total. The summed E-state index contributed by atoms with van der Waals surface area (Å²) in [4.78, 5) is 11.2.